The molecule has 2 rings (SSSR count). The summed E-state index contributed by atoms with van der Waals surface area (Å²) in [5.74, 6) is -0.326. The highest BCUT2D eigenvalue weighted by molar-refractivity contribution is 9.10. The number of hydrogen-bond acceptors (Lipinski definition) is 4. The second-order valence-electron chi connectivity index (χ2n) is 4.13. The lowest BCUT2D eigenvalue weighted by atomic mass is 10.2. The second-order valence-corrected chi connectivity index (χ2v) is 5.99. The van der Waals surface area contributed by atoms with Gasteiger partial charge in [-0.2, -0.15) is 0 Å². The van der Waals surface area contributed by atoms with Crippen LogP contribution >= 0.6 is 27.3 Å². The van der Waals surface area contributed by atoms with Crippen LogP contribution in [0.5, 0.6) is 0 Å². The molecule has 2 aromatic rings. The van der Waals surface area contributed by atoms with Crippen molar-refractivity contribution in [2.24, 2.45) is 0 Å². The summed E-state index contributed by atoms with van der Waals surface area (Å²) in [5, 5.41) is 15.6. The van der Waals surface area contributed by atoms with Crippen molar-refractivity contribution in [1.29, 1.82) is 0 Å². The van der Waals surface area contributed by atoms with Gasteiger partial charge in [-0.1, -0.05) is 0 Å². The van der Waals surface area contributed by atoms with E-state index in [9.17, 15) is 14.9 Å². The highest BCUT2D eigenvalue weighted by Crippen LogP contribution is 2.25. The van der Waals surface area contributed by atoms with Crippen LogP contribution in [-0.4, -0.2) is 10.8 Å². The van der Waals surface area contributed by atoms with Crippen LogP contribution in [0.25, 0.3) is 0 Å². The molecule has 1 aromatic carbocycles. The largest absolute Gasteiger partial charge is 0.347 e. The van der Waals surface area contributed by atoms with E-state index < -0.39 is 4.92 Å². The van der Waals surface area contributed by atoms with E-state index in [0.29, 0.717) is 11.0 Å². The minimum absolute atomic E-state index is 0.120. The molecule has 0 saturated carbocycles. The van der Waals surface area contributed by atoms with Crippen LogP contribution in [0.4, 0.5) is 5.69 Å². The molecule has 0 aliphatic rings. The molecular formula is C13H11BrN2O3S. The average Bonchev–Trinajstić information content (AvgIpc) is 2.81. The van der Waals surface area contributed by atoms with Crippen LogP contribution in [0, 0.1) is 17.0 Å². The van der Waals surface area contributed by atoms with Gasteiger partial charge in [-0.05, 0) is 52.0 Å². The first-order valence-corrected chi connectivity index (χ1v) is 7.41. The molecule has 0 fully saturated rings. The standard InChI is InChI=1S/C13H11BrN2O3S/c1-8-4-5-20-12(8)7-15-13(17)9-2-3-10(14)11(6-9)16(18)19/h2-6H,7H2,1H3,(H,15,17). The van der Waals surface area contributed by atoms with Crippen molar-refractivity contribution in [3.8, 4) is 0 Å². The number of amides is 1. The smallest absolute Gasteiger partial charge is 0.284 e. The molecule has 0 saturated heterocycles. The van der Waals surface area contributed by atoms with Gasteiger partial charge in [0.15, 0.2) is 0 Å². The fourth-order valence-electron chi connectivity index (χ4n) is 1.64. The van der Waals surface area contributed by atoms with Gasteiger partial charge < -0.3 is 5.32 Å². The van der Waals surface area contributed by atoms with Crippen LogP contribution in [0.15, 0.2) is 34.1 Å². The summed E-state index contributed by atoms with van der Waals surface area (Å²) in [6, 6.07) is 6.30. The summed E-state index contributed by atoms with van der Waals surface area (Å²) >= 11 is 4.66. The van der Waals surface area contributed by atoms with Crippen LogP contribution in [0.1, 0.15) is 20.8 Å². The summed E-state index contributed by atoms with van der Waals surface area (Å²) in [6.45, 7) is 2.40. The molecule has 0 spiro atoms. The Morgan fingerprint density at radius 3 is 2.80 bits per heavy atom. The first-order valence-electron chi connectivity index (χ1n) is 5.74. The topological polar surface area (TPSA) is 72.2 Å². The third-order valence-electron chi connectivity index (χ3n) is 2.78. The monoisotopic (exact) mass is 354 g/mol. The van der Waals surface area contributed by atoms with Crippen molar-refractivity contribution in [3.63, 3.8) is 0 Å². The zero-order chi connectivity index (χ0) is 14.7. The lowest BCUT2D eigenvalue weighted by molar-refractivity contribution is -0.385. The van der Waals surface area contributed by atoms with Gasteiger partial charge in [-0.15, -0.1) is 11.3 Å². The summed E-state index contributed by atoms with van der Waals surface area (Å²) in [6.07, 6.45) is 0. The number of halogens is 1. The minimum atomic E-state index is -0.524. The van der Waals surface area contributed by atoms with E-state index in [2.05, 4.69) is 21.2 Å². The summed E-state index contributed by atoms with van der Waals surface area (Å²) < 4.78 is 0.355. The molecule has 0 radical (unpaired) electrons. The molecule has 0 atom stereocenters. The van der Waals surface area contributed by atoms with Crippen molar-refractivity contribution in [1.82, 2.24) is 5.32 Å². The predicted octanol–water partition coefficient (Wildman–Crippen LogP) is 3.66. The Kier molecular flexibility index (Phi) is 4.51. The Balaban J connectivity index is 2.12. The lowest BCUT2D eigenvalue weighted by Crippen LogP contribution is -2.22. The highest BCUT2D eigenvalue weighted by Gasteiger charge is 2.16. The fourth-order valence-corrected chi connectivity index (χ4v) is 2.88. The number of nitrogens with one attached hydrogen (secondary N) is 1. The van der Waals surface area contributed by atoms with E-state index in [0.717, 1.165) is 10.4 Å². The number of hydrogen-bond donors (Lipinski definition) is 1. The van der Waals surface area contributed by atoms with Crippen molar-refractivity contribution in [2.75, 3.05) is 0 Å². The molecule has 104 valence electrons. The predicted molar refractivity (Wildman–Crippen MR) is 81.0 cm³/mol. The van der Waals surface area contributed by atoms with Gasteiger partial charge in [0, 0.05) is 16.5 Å². The van der Waals surface area contributed by atoms with Gasteiger partial charge in [0.1, 0.15) is 0 Å². The molecule has 0 unspecified atom stereocenters. The first-order chi connectivity index (χ1) is 9.49. The molecule has 1 amide bonds. The van der Waals surface area contributed by atoms with E-state index in [1.807, 2.05) is 18.4 Å². The molecule has 1 aromatic heterocycles. The average molecular weight is 355 g/mol. The number of nitro groups is 1. The first kappa shape index (κ1) is 14.7. The second kappa shape index (κ2) is 6.15. The number of carbonyl (C=O) groups is 1. The van der Waals surface area contributed by atoms with Crippen molar-refractivity contribution in [3.05, 3.63) is 60.2 Å². The molecular weight excluding hydrogens is 344 g/mol. The SMILES string of the molecule is Cc1ccsc1CNC(=O)c1ccc(Br)c([N+](=O)[O-])c1. The maximum atomic E-state index is 12.0. The quantitative estimate of drug-likeness (QED) is 0.672. The van der Waals surface area contributed by atoms with E-state index in [4.69, 9.17) is 0 Å². The van der Waals surface area contributed by atoms with Crippen molar-refractivity contribution < 1.29 is 9.72 Å². The Bertz CT molecular complexity index is 669. The maximum Gasteiger partial charge on any atom is 0.284 e. The Morgan fingerprint density at radius 2 is 2.20 bits per heavy atom. The zero-order valence-corrected chi connectivity index (χ0v) is 13.0. The molecule has 20 heavy (non-hydrogen) atoms. The van der Waals surface area contributed by atoms with Gasteiger partial charge in [-0.25, -0.2) is 0 Å². The Morgan fingerprint density at radius 1 is 1.45 bits per heavy atom. The van der Waals surface area contributed by atoms with E-state index in [-0.39, 0.29) is 17.2 Å². The molecule has 1 heterocycles. The van der Waals surface area contributed by atoms with Crippen LogP contribution in [0.2, 0.25) is 0 Å². The van der Waals surface area contributed by atoms with Crippen molar-refractivity contribution >= 4 is 38.9 Å². The number of thiophene rings is 1. The fraction of sp³-hybridized carbons (Fsp3) is 0.154. The van der Waals surface area contributed by atoms with Gasteiger partial charge in [0.2, 0.25) is 0 Å². The van der Waals surface area contributed by atoms with Gasteiger partial charge >= 0.3 is 0 Å². The number of rotatable bonds is 4. The number of benzene rings is 1. The van der Waals surface area contributed by atoms with E-state index in [1.54, 1.807) is 17.4 Å². The molecule has 7 heteroatoms. The molecule has 5 nitrogen and oxygen atoms in total. The van der Waals surface area contributed by atoms with Gasteiger partial charge in [0.05, 0.1) is 15.9 Å². The molecule has 1 N–H and O–H groups in total. The minimum Gasteiger partial charge on any atom is -0.347 e. The third kappa shape index (κ3) is 3.23. The van der Waals surface area contributed by atoms with Crippen molar-refractivity contribution in [2.45, 2.75) is 13.5 Å². The third-order valence-corrected chi connectivity index (χ3v) is 4.48. The maximum absolute atomic E-state index is 12.0. The summed E-state index contributed by atoms with van der Waals surface area (Å²) in [7, 11) is 0. The molecule has 0 aliphatic carbocycles. The van der Waals surface area contributed by atoms with Crippen LogP contribution in [-0.2, 0) is 6.54 Å². The lowest BCUT2D eigenvalue weighted by Gasteiger charge is -2.05. The zero-order valence-electron chi connectivity index (χ0n) is 10.6. The number of aryl methyl sites for hydroxylation is 1. The van der Waals surface area contributed by atoms with Crippen LogP contribution in [0.3, 0.4) is 0 Å². The molecule has 0 bridgehead atoms. The van der Waals surface area contributed by atoms with Gasteiger partial charge in [-0.3, -0.25) is 14.9 Å². The number of nitrogens with zero attached hydrogens (tertiary/aromatic N) is 1. The van der Waals surface area contributed by atoms with Crippen LogP contribution < -0.4 is 5.32 Å². The molecule has 0 aliphatic heterocycles. The highest BCUT2D eigenvalue weighted by atomic mass is 79.9. The summed E-state index contributed by atoms with van der Waals surface area (Å²) in [4.78, 5) is 23.4. The number of nitro benzene ring substituents is 1. The van der Waals surface area contributed by atoms with Gasteiger partial charge in [0.25, 0.3) is 11.6 Å². The Labute approximate surface area is 127 Å². The number of carbonyl (C=O) groups excluding carboxylic acids is 1. The Hall–Kier alpha value is -1.73. The van der Waals surface area contributed by atoms with E-state index in [1.165, 1.54) is 12.1 Å². The normalized spacial score (nSPS) is 10.3. The van der Waals surface area contributed by atoms with E-state index >= 15 is 0 Å². The summed E-state index contributed by atoms with van der Waals surface area (Å²) in [5.41, 5.74) is 1.27.